The zero-order valence-electron chi connectivity index (χ0n) is 15.9. The SMILES string of the molecule is O=C(CN(C1CCCCN1)S(=O)(=O)C1CCCCC1)NC1CCCCC1. The highest BCUT2D eigenvalue weighted by Gasteiger charge is 2.38. The van der Waals surface area contributed by atoms with Crippen molar-refractivity contribution in [3.05, 3.63) is 0 Å². The number of hydrogen-bond donors (Lipinski definition) is 2. The number of rotatable bonds is 6. The van der Waals surface area contributed by atoms with Gasteiger partial charge in [-0.05, 0) is 51.5 Å². The molecular formula is C19H35N3O3S. The fourth-order valence-corrected chi connectivity index (χ4v) is 6.82. The van der Waals surface area contributed by atoms with Crippen LogP contribution in [0.15, 0.2) is 0 Å². The fraction of sp³-hybridized carbons (Fsp3) is 0.947. The maximum atomic E-state index is 13.3. The van der Waals surface area contributed by atoms with E-state index >= 15 is 0 Å². The first-order chi connectivity index (χ1) is 12.6. The summed E-state index contributed by atoms with van der Waals surface area (Å²) in [5.74, 6) is -0.136. The van der Waals surface area contributed by atoms with E-state index in [1.54, 1.807) is 0 Å². The molecule has 1 atom stereocenters. The fourth-order valence-electron chi connectivity index (χ4n) is 4.67. The van der Waals surface area contributed by atoms with Crippen molar-refractivity contribution in [2.24, 2.45) is 0 Å². The van der Waals surface area contributed by atoms with Crippen molar-refractivity contribution in [2.45, 2.75) is 101 Å². The van der Waals surface area contributed by atoms with Crippen LogP contribution in [0.2, 0.25) is 0 Å². The lowest BCUT2D eigenvalue weighted by molar-refractivity contribution is -0.122. The predicted molar refractivity (Wildman–Crippen MR) is 103 cm³/mol. The average Bonchev–Trinajstić information content (AvgIpc) is 2.68. The quantitative estimate of drug-likeness (QED) is 0.736. The van der Waals surface area contributed by atoms with E-state index in [1.807, 2.05) is 0 Å². The Morgan fingerprint density at radius 3 is 2.12 bits per heavy atom. The van der Waals surface area contributed by atoms with Gasteiger partial charge in [0.1, 0.15) is 0 Å². The van der Waals surface area contributed by atoms with E-state index in [9.17, 15) is 13.2 Å². The van der Waals surface area contributed by atoms with Crippen LogP contribution < -0.4 is 10.6 Å². The molecular weight excluding hydrogens is 350 g/mol. The largest absolute Gasteiger partial charge is 0.352 e. The van der Waals surface area contributed by atoms with Gasteiger partial charge in [-0.15, -0.1) is 0 Å². The summed E-state index contributed by atoms with van der Waals surface area (Å²) in [5, 5.41) is 6.11. The summed E-state index contributed by atoms with van der Waals surface area (Å²) in [5.41, 5.74) is 0. The third-order valence-electron chi connectivity index (χ3n) is 6.20. The van der Waals surface area contributed by atoms with Gasteiger partial charge in [0, 0.05) is 6.04 Å². The first-order valence-electron chi connectivity index (χ1n) is 10.6. The molecule has 0 aromatic carbocycles. The molecule has 150 valence electrons. The van der Waals surface area contributed by atoms with E-state index in [0.717, 1.165) is 83.6 Å². The molecule has 0 radical (unpaired) electrons. The Kier molecular flexibility index (Phi) is 7.35. The maximum Gasteiger partial charge on any atom is 0.235 e. The lowest BCUT2D eigenvalue weighted by Gasteiger charge is -2.37. The standard InChI is InChI=1S/C19H35N3O3S/c23-19(21-16-9-3-1-4-10-16)15-22(18-13-7-8-14-20-18)26(24,25)17-11-5-2-6-12-17/h16-18,20H,1-15H2,(H,21,23). The lowest BCUT2D eigenvalue weighted by atomic mass is 9.95. The van der Waals surface area contributed by atoms with Gasteiger partial charge in [0.25, 0.3) is 0 Å². The minimum atomic E-state index is -3.45. The number of piperidine rings is 1. The zero-order chi connectivity index (χ0) is 18.4. The van der Waals surface area contributed by atoms with Crippen LogP contribution in [0.25, 0.3) is 0 Å². The summed E-state index contributed by atoms with van der Waals surface area (Å²) < 4.78 is 28.1. The summed E-state index contributed by atoms with van der Waals surface area (Å²) in [6.07, 6.45) is 12.8. The van der Waals surface area contributed by atoms with Gasteiger partial charge in [-0.1, -0.05) is 38.5 Å². The molecule has 0 aromatic rings. The smallest absolute Gasteiger partial charge is 0.235 e. The molecule has 3 fully saturated rings. The van der Waals surface area contributed by atoms with Crippen molar-refractivity contribution in [3.63, 3.8) is 0 Å². The van der Waals surface area contributed by atoms with Gasteiger partial charge in [0.15, 0.2) is 0 Å². The average molecular weight is 386 g/mol. The van der Waals surface area contributed by atoms with Gasteiger partial charge in [0.05, 0.1) is 18.0 Å². The third kappa shape index (κ3) is 5.20. The molecule has 1 amide bonds. The van der Waals surface area contributed by atoms with E-state index < -0.39 is 10.0 Å². The number of sulfonamides is 1. The van der Waals surface area contributed by atoms with Crippen molar-refractivity contribution in [3.8, 4) is 0 Å². The summed E-state index contributed by atoms with van der Waals surface area (Å²) in [7, 11) is -3.45. The second-order valence-electron chi connectivity index (χ2n) is 8.22. The van der Waals surface area contributed by atoms with Crippen molar-refractivity contribution >= 4 is 15.9 Å². The number of nitrogens with zero attached hydrogens (tertiary/aromatic N) is 1. The van der Waals surface area contributed by atoms with Crippen LogP contribution in [-0.2, 0) is 14.8 Å². The molecule has 0 aromatic heterocycles. The summed E-state index contributed by atoms with van der Waals surface area (Å²) in [6.45, 7) is 0.790. The van der Waals surface area contributed by atoms with Gasteiger partial charge >= 0.3 is 0 Å². The molecule has 3 rings (SSSR count). The Balaban J connectivity index is 1.68. The van der Waals surface area contributed by atoms with Crippen LogP contribution in [-0.4, -0.2) is 49.2 Å². The summed E-state index contributed by atoms with van der Waals surface area (Å²) in [4.78, 5) is 12.6. The number of nitrogens with one attached hydrogen (secondary N) is 2. The summed E-state index contributed by atoms with van der Waals surface area (Å²) >= 11 is 0. The topological polar surface area (TPSA) is 78.5 Å². The number of carbonyl (C=O) groups is 1. The van der Waals surface area contributed by atoms with Gasteiger partial charge in [-0.2, -0.15) is 4.31 Å². The van der Waals surface area contributed by atoms with Crippen LogP contribution in [0.4, 0.5) is 0 Å². The molecule has 1 heterocycles. The number of carbonyl (C=O) groups excluding carboxylic acids is 1. The molecule has 2 saturated carbocycles. The Hall–Kier alpha value is -0.660. The molecule has 0 spiro atoms. The zero-order valence-corrected chi connectivity index (χ0v) is 16.7. The molecule has 2 N–H and O–H groups in total. The predicted octanol–water partition coefficient (Wildman–Crippen LogP) is 2.50. The second kappa shape index (κ2) is 9.51. The van der Waals surface area contributed by atoms with Crippen LogP contribution >= 0.6 is 0 Å². The van der Waals surface area contributed by atoms with Crippen LogP contribution in [0.5, 0.6) is 0 Å². The highest BCUT2D eigenvalue weighted by molar-refractivity contribution is 7.89. The minimum Gasteiger partial charge on any atom is -0.352 e. The lowest BCUT2D eigenvalue weighted by Crippen LogP contribution is -2.56. The summed E-state index contributed by atoms with van der Waals surface area (Å²) in [6, 6.07) is 0.217. The molecule has 2 aliphatic carbocycles. The number of amides is 1. The van der Waals surface area contributed by atoms with Gasteiger partial charge in [0.2, 0.25) is 15.9 Å². The van der Waals surface area contributed by atoms with Crippen molar-refractivity contribution in [1.29, 1.82) is 0 Å². The number of hydrogen-bond acceptors (Lipinski definition) is 4. The van der Waals surface area contributed by atoms with E-state index in [-0.39, 0.29) is 29.9 Å². The van der Waals surface area contributed by atoms with E-state index in [4.69, 9.17) is 0 Å². The first-order valence-corrected chi connectivity index (χ1v) is 12.1. The first kappa shape index (κ1) is 20.1. The Labute approximate surface area is 158 Å². The molecule has 6 nitrogen and oxygen atoms in total. The molecule has 7 heteroatoms. The van der Waals surface area contributed by atoms with Gasteiger partial charge in [-0.3, -0.25) is 4.79 Å². The maximum absolute atomic E-state index is 13.3. The van der Waals surface area contributed by atoms with Gasteiger partial charge < -0.3 is 10.6 Å². The molecule has 1 saturated heterocycles. The highest BCUT2D eigenvalue weighted by atomic mass is 32.2. The van der Waals surface area contributed by atoms with Crippen LogP contribution in [0.1, 0.15) is 83.5 Å². The Morgan fingerprint density at radius 1 is 0.885 bits per heavy atom. The molecule has 0 bridgehead atoms. The molecule has 1 aliphatic heterocycles. The monoisotopic (exact) mass is 385 g/mol. The van der Waals surface area contributed by atoms with Gasteiger partial charge in [-0.25, -0.2) is 8.42 Å². The minimum absolute atomic E-state index is 0.0347. The third-order valence-corrected chi connectivity index (χ3v) is 8.55. The Morgan fingerprint density at radius 2 is 1.50 bits per heavy atom. The van der Waals surface area contributed by atoms with Crippen molar-refractivity contribution in [1.82, 2.24) is 14.9 Å². The van der Waals surface area contributed by atoms with Crippen molar-refractivity contribution in [2.75, 3.05) is 13.1 Å². The van der Waals surface area contributed by atoms with E-state index in [2.05, 4.69) is 10.6 Å². The normalized spacial score (nSPS) is 26.7. The van der Waals surface area contributed by atoms with Crippen LogP contribution in [0.3, 0.4) is 0 Å². The molecule has 26 heavy (non-hydrogen) atoms. The second-order valence-corrected chi connectivity index (χ2v) is 10.4. The molecule has 3 aliphatic rings. The molecule has 1 unspecified atom stereocenters. The van der Waals surface area contributed by atoms with E-state index in [0.29, 0.717) is 0 Å². The highest BCUT2D eigenvalue weighted by Crippen LogP contribution is 2.28. The Bertz CT molecular complexity index is 548. The van der Waals surface area contributed by atoms with E-state index in [1.165, 1.54) is 10.7 Å². The van der Waals surface area contributed by atoms with Crippen molar-refractivity contribution < 1.29 is 13.2 Å². The van der Waals surface area contributed by atoms with Crippen LogP contribution in [0, 0.1) is 0 Å².